The summed E-state index contributed by atoms with van der Waals surface area (Å²) in [5.74, 6) is -1.57. The molecule has 1 aliphatic rings. The molecule has 17 heavy (non-hydrogen) atoms. The maximum absolute atomic E-state index is 11.5. The van der Waals surface area contributed by atoms with Gasteiger partial charge in [0, 0.05) is 6.42 Å². The van der Waals surface area contributed by atoms with E-state index in [9.17, 15) is 22.9 Å². The molecule has 90 valence electrons. The molecule has 0 bridgehead atoms. The highest BCUT2D eigenvalue weighted by Crippen LogP contribution is 2.40. The van der Waals surface area contributed by atoms with E-state index in [1.807, 2.05) is 0 Å². The lowest BCUT2D eigenvalue weighted by atomic mass is 9.86. The van der Waals surface area contributed by atoms with E-state index in [1.165, 1.54) is 12.1 Å². The van der Waals surface area contributed by atoms with E-state index in [4.69, 9.17) is 0 Å². The Morgan fingerprint density at radius 2 is 1.94 bits per heavy atom. The van der Waals surface area contributed by atoms with Crippen LogP contribution in [-0.2, 0) is 19.7 Å². The van der Waals surface area contributed by atoms with Gasteiger partial charge in [0.05, 0.1) is 0 Å². The molecule has 1 atom stereocenters. The molecule has 5 nitrogen and oxygen atoms in total. The average Bonchev–Trinajstić information content (AvgIpc) is 2.26. The summed E-state index contributed by atoms with van der Waals surface area (Å²) in [5.41, 5.74) is 0.580. The number of hydrogen-bond acceptors (Lipinski definition) is 3. The summed E-state index contributed by atoms with van der Waals surface area (Å²) in [6.45, 7) is 0. The molecule has 6 heteroatoms. The summed E-state index contributed by atoms with van der Waals surface area (Å²) in [5, 5.41) is 9.20. The maximum atomic E-state index is 11.5. The van der Waals surface area contributed by atoms with Crippen LogP contribution >= 0.6 is 0 Å². The molecule has 0 aromatic heterocycles. The quantitative estimate of drug-likeness (QED) is 0.775. The third-order valence-corrected chi connectivity index (χ3v) is 4.33. The Hall–Kier alpha value is -1.66. The van der Waals surface area contributed by atoms with Crippen molar-refractivity contribution in [2.45, 2.75) is 11.2 Å². The van der Waals surface area contributed by atoms with Crippen molar-refractivity contribution >= 4 is 22.2 Å². The van der Waals surface area contributed by atoms with E-state index in [2.05, 4.69) is 0 Å². The van der Waals surface area contributed by atoms with Crippen LogP contribution in [0.5, 0.6) is 0 Å². The molecule has 2 N–H and O–H groups in total. The van der Waals surface area contributed by atoms with Gasteiger partial charge < -0.3 is 5.11 Å². The van der Waals surface area contributed by atoms with Crippen molar-refractivity contribution in [3.63, 3.8) is 0 Å². The Kier molecular flexibility index (Phi) is 2.56. The van der Waals surface area contributed by atoms with E-state index < -0.39 is 20.8 Å². The summed E-state index contributed by atoms with van der Waals surface area (Å²) >= 11 is 0. The number of allylic oxidation sites excluding steroid dienone is 1. The molecule has 2 rings (SSSR count). The van der Waals surface area contributed by atoms with Crippen LogP contribution in [0.4, 0.5) is 0 Å². The standard InChI is InChI=1S/C11H10O5S/c12-10(13)11(17(14,15)16)7-3-5-8-4-1-2-6-9(8)11/h1-6H,7H2,(H,12,13)(H,14,15,16). The minimum atomic E-state index is -4.75. The van der Waals surface area contributed by atoms with Crippen molar-refractivity contribution in [2.75, 3.05) is 0 Å². The van der Waals surface area contributed by atoms with Gasteiger partial charge in [-0.3, -0.25) is 9.35 Å². The second-order valence-corrected chi connectivity index (χ2v) is 5.45. The first kappa shape index (κ1) is 11.8. The van der Waals surface area contributed by atoms with Crippen molar-refractivity contribution < 1.29 is 22.9 Å². The number of carbonyl (C=O) groups is 1. The van der Waals surface area contributed by atoms with E-state index in [0.29, 0.717) is 5.56 Å². The van der Waals surface area contributed by atoms with Gasteiger partial charge in [0.15, 0.2) is 0 Å². The normalized spacial score (nSPS) is 23.1. The number of carboxylic acids is 1. The van der Waals surface area contributed by atoms with Crippen LogP contribution in [0.2, 0.25) is 0 Å². The lowest BCUT2D eigenvalue weighted by Gasteiger charge is -2.29. The molecule has 0 heterocycles. The van der Waals surface area contributed by atoms with Gasteiger partial charge in [-0.15, -0.1) is 0 Å². The van der Waals surface area contributed by atoms with Crippen molar-refractivity contribution in [3.05, 3.63) is 41.5 Å². The smallest absolute Gasteiger partial charge is 0.332 e. The van der Waals surface area contributed by atoms with Crippen LogP contribution in [0.1, 0.15) is 17.5 Å². The molecule has 0 radical (unpaired) electrons. The molecular weight excluding hydrogens is 244 g/mol. The van der Waals surface area contributed by atoms with Crippen molar-refractivity contribution in [1.82, 2.24) is 0 Å². The van der Waals surface area contributed by atoms with Gasteiger partial charge in [0.25, 0.3) is 10.1 Å². The number of benzene rings is 1. The maximum Gasteiger partial charge on any atom is 0.332 e. The third-order valence-electron chi connectivity index (χ3n) is 2.88. The van der Waals surface area contributed by atoms with Gasteiger partial charge in [0.2, 0.25) is 4.75 Å². The summed E-state index contributed by atoms with van der Waals surface area (Å²) in [7, 11) is -4.75. The largest absolute Gasteiger partial charge is 0.480 e. The molecule has 1 aliphatic carbocycles. The zero-order valence-electron chi connectivity index (χ0n) is 8.70. The SMILES string of the molecule is O=C(O)C1(S(=O)(=O)O)CC=Cc2ccccc21. The highest BCUT2D eigenvalue weighted by atomic mass is 32.2. The van der Waals surface area contributed by atoms with E-state index in [-0.39, 0.29) is 12.0 Å². The number of fused-ring (bicyclic) bond motifs is 1. The second-order valence-electron chi connectivity index (χ2n) is 3.80. The van der Waals surface area contributed by atoms with E-state index in [0.717, 1.165) is 0 Å². The monoisotopic (exact) mass is 254 g/mol. The summed E-state index contributed by atoms with van der Waals surface area (Å²) in [6.07, 6.45) is 2.80. The Balaban J connectivity index is 2.82. The number of carboxylic acid groups (broad SMARTS) is 1. The zero-order valence-corrected chi connectivity index (χ0v) is 9.52. The molecule has 1 aromatic carbocycles. The van der Waals surface area contributed by atoms with Crippen LogP contribution < -0.4 is 0 Å². The van der Waals surface area contributed by atoms with Gasteiger partial charge >= 0.3 is 5.97 Å². The molecule has 0 saturated heterocycles. The summed E-state index contributed by atoms with van der Waals surface area (Å²) in [6, 6.07) is 6.22. The molecule has 0 saturated carbocycles. The van der Waals surface area contributed by atoms with Gasteiger partial charge in [-0.25, -0.2) is 0 Å². The Labute approximate surface area is 98.1 Å². The topological polar surface area (TPSA) is 91.7 Å². The summed E-state index contributed by atoms with van der Waals surface area (Å²) < 4.78 is 29.9. The van der Waals surface area contributed by atoms with Gasteiger partial charge in [-0.2, -0.15) is 8.42 Å². The molecule has 0 aliphatic heterocycles. The third kappa shape index (κ3) is 1.57. The Bertz CT molecular complexity index is 602. The molecular formula is C11H10O5S. The molecule has 1 unspecified atom stereocenters. The van der Waals surface area contributed by atoms with Crippen LogP contribution in [0, 0.1) is 0 Å². The van der Waals surface area contributed by atoms with Gasteiger partial charge in [0.1, 0.15) is 0 Å². The number of hydrogen-bond donors (Lipinski definition) is 2. The van der Waals surface area contributed by atoms with Crippen LogP contribution in [0.25, 0.3) is 6.08 Å². The number of rotatable bonds is 2. The predicted octanol–water partition coefficient (Wildman–Crippen LogP) is 1.27. The van der Waals surface area contributed by atoms with Crippen molar-refractivity contribution in [2.24, 2.45) is 0 Å². The lowest BCUT2D eigenvalue weighted by Crippen LogP contribution is -2.44. The second kappa shape index (κ2) is 3.68. The molecule has 1 aromatic rings. The minimum Gasteiger partial charge on any atom is -0.480 e. The minimum absolute atomic E-state index is 0.0949. The van der Waals surface area contributed by atoms with E-state index in [1.54, 1.807) is 24.3 Å². The highest BCUT2D eigenvalue weighted by molar-refractivity contribution is 7.87. The first-order valence-electron chi connectivity index (χ1n) is 4.86. The van der Waals surface area contributed by atoms with Gasteiger partial charge in [-0.05, 0) is 11.1 Å². The Morgan fingerprint density at radius 3 is 2.53 bits per heavy atom. The fourth-order valence-corrected chi connectivity index (χ4v) is 3.02. The van der Waals surface area contributed by atoms with Gasteiger partial charge in [-0.1, -0.05) is 36.4 Å². The highest BCUT2D eigenvalue weighted by Gasteiger charge is 2.53. The van der Waals surface area contributed by atoms with Crippen LogP contribution in [-0.4, -0.2) is 24.0 Å². The average molecular weight is 254 g/mol. The fourth-order valence-electron chi connectivity index (χ4n) is 2.03. The van der Waals surface area contributed by atoms with Crippen molar-refractivity contribution in [3.8, 4) is 0 Å². The first-order chi connectivity index (χ1) is 7.89. The van der Waals surface area contributed by atoms with E-state index >= 15 is 0 Å². The molecule has 0 fully saturated rings. The van der Waals surface area contributed by atoms with Crippen LogP contribution in [0.3, 0.4) is 0 Å². The lowest BCUT2D eigenvalue weighted by molar-refractivity contribution is -0.140. The first-order valence-corrected chi connectivity index (χ1v) is 6.30. The zero-order chi connectivity index (χ0) is 12.7. The predicted molar refractivity (Wildman–Crippen MR) is 61.0 cm³/mol. The Morgan fingerprint density at radius 1 is 1.29 bits per heavy atom. The van der Waals surface area contributed by atoms with Crippen molar-refractivity contribution in [1.29, 1.82) is 0 Å². The number of aliphatic carboxylic acids is 1. The van der Waals surface area contributed by atoms with Crippen LogP contribution in [0.15, 0.2) is 30.3 Å². The summed E-state index contributed by atoms with van der Waals surface area (Å²) in [4.78, 5) is 11.3. The fraction of sp³-hybridized carbons (Fsp3) is 0.182. The molecule has 0 amide bonds. The molecule has 0 spiro atoms.